The van der Waals surface area contributed by atoms with Gasteiger partial charge in [0.25, 0.3) is 0 Å². The number of nitrogens with one attached hydrogen (secondary N) is 1. The first-order chi connectivity index (χ1) is 14.5. The number of aryl methyl sites for hydroxylation is 2. The summed E-state index contributed by atoms with van der Waals surface area (Å²) < 4.78 is 32.2. The Balaban J connectivity index is 1.54. The molecule has 2 aromatic carbocycles. The third-order valence-electron chi connectivity index (χ3n) is 5.37. The molecule has 6 nitrogen and oxygen atoms in total. The number of hydrogen-bond acceptors (Lipinski definition) is 4. The van der Waals surface area contributed by atoms with E-state index in [1.54, 1.807) is 0 Å². The van der Waals surface area contributed by atoms with Crippen LogP contribution in [0, 0.1) is 0 Å². The summed E-state index contributed by atoms with van der Waals surface area (Å²) in [6.45, 7) is 4.08. The molecular weight excluding hydrogens is 400 g/mol. The van der Waals surface area contributed by atoms with Crippen LogP contribution in [0.2, 0.25) is 0 Å². The van der Waals surface area contributed by atoms with E-state index in [-0.39, 0.29) is 11.7 Å². The van der Waals surface area contributed by atoms with Gasteiger partial charge in [-0.1, -0.05) is 55.5 Å². The smallest absolute Gasteiger partial charge is 0.220 e. The molecule has 0 unspecified atom stereocenters. The quantitative estimate of drug-likeness (QED) is 0.664. The maximum absolute atomic E-state index is 12.7. The van der Waals surface area contributed by atoms with Crippen molar-refractivity contribution < 1.29 is 17.9 Å². The normalized spacial score (nSPS) is 15.1. The minimum atomic E-state index is -3.41. The van der Waals surface area contributed by atoms with Crippen molar-refractivity contribution in [3.05, 3.63) is 70.8 Å². The van der Waals surface area contributed by atoms with Gasteiger partial charge in [0.15, 0.2) is 0 Å². The Bertz CT molecular complexity index is 936. The molecule has 1 saturated heterocycles. The highest BCUT2D eigenvalue weighted by Crippen LogP contribution is 2.17. The molecule has 2 aromatic rings. The van der Waals surface area contributed by atoms with Crippen molar-refractivity contribution >= 4 is 15.9 Å². The summed E-state index contributed by atoms with van der Waals surface area (Å²) in [6, 6.07) is 15.7. The van der Waals surface area contributed by atoms with E-state index in [0.29, 0.717) is 45.7 Å². The van der Waals surface area contributed by atoms with E-state index < -0.39 is 10.0 Å². The van der Waals surface area contributed by atoms with Crippen molar-refractivity contribution in [3.63, 3.8) is 0 Å². The Morgan fingerprint density at radius 2 is 1.63 bits per heavy atom. The van der Waals surface area contributed by atoms with Gasteiger partial charge in [0.1, 0.15) is 0 Å². The maximum atomic E-state index is 12.7. The molecule has 3 rings (SSSR count). The highest BCUT2D eigenvalue weighted by atomic mass is 32.2. The molecule has 7 heteroatoms. The van der Waals surface area contributed by atoms with E-state index in [0.717, 1.165) is 23.1 Å². The summed E-state index contributed by atoms with van der Waals surface area (Å²) in [4.78, 5) is 12.3. The molecule has 0 radical (unpaired) electrons. The zero-order valence-corrected chi connectivity index (χ0v) is 18.3. The molecule has 0 aliphatic carbocycles. The highest BCUT2D eigenvalue weighted by Gasteiger charge is 2.25. The Hall–Kier alpha value is -2.22. The Kier molecular flexibility index (Phi) is 8.01. The number of ether oxygens (including phenoxy) is 1. The molecule has 0 aromatic heterocycles. The van der Waals surface area contributed by atoms with Gasteiger partial charge in [0, 0.05) is 26.1 Å². The van der Waals surface area contributed by atoms with Crippen LogP contribution in [0.5, 0.6) is 0 Å². The van der Waals surface area contributed by atoms with E-state index in [4.69, 9.17) is 4.74 Å². The van der Waals surface area contributed by atoms with E-state index in [1.165, 1.54) is 9.87 Å². The molecule has 0 saturated carbocycles. The van der Waals surface area contributed by atoms with Gasteiger partial charge in [0.05, 0.1) is 19.0 Å². The number of morpholine rings is 1. The summed E-state index contributed by atoms with van der Waals surface area (Å²) >= 11 is 0. The van der Waals surface area contributed by atoms with Crippen LogP contribution in [-0.2, 0) is 44.7 Å². The average molecular weight is 431 g/mol. The highest BCUT2D eigenvalue weighted by molar-refractivity contribution is 7.88. The summed E-state index contributed by atoms with van der Waals surface area (Å²) in [5, 5.41) is 2.93. The first kappa shape index (κ1) is 22.5. The van der Waals surface area contributed by atoms with Crippen molar-refractivity contribution in [2.45, 2.75) is 38.5 Å². The molecule has 0 bridgehead atoms. The fraction of sp³-hybridized carbons (Fsp3) is 0.435. The van der Waals surface area contributed by atoms with E-state index in [1.807, 2.05) is 24.3 Å². The Morgan fingerprint density at radius 3 is 2.30 bits per heavy atom. The van der Waals surface area contributed by atoms with Crippen LogP contribution in [0.1, 0.15) is 35.6 Å². The topological polar surface area (TPSA) is 75.7 Å². The number of benzene rings is 2. The van der Waals surface area contributed by atoms with Gasteiger partial charge in [-0.25, -0.2) is 8.42 Å². The van der Waals surface area contributed by atoms with Gasteiger partial charge >= 0.3 is 0 Å². The van der Waals surface area contributed by atoms with Crippen LogP contribution in [0.25, 0.3) is 0 Å². The van der Waals surface area contributed by atoms with Gasteiger partial charge in [-0.2, -0.15) is 4.31 Å². The number of rotatable bonds is 9. The molecule has 0 atom stereocenters. The lowest BCUT2D eigenvalue weighted by Crippen LogP contribution is -2.41. The van der Waals surface area contributed by atoms with Crippen LogP contribution in [0.4, 0.5) is 0 Å². The monoisotopic (exact) mass is 430 g/mol. The zero-order valence-electron chi connectivity index (χ0n) is 17.5. The largest absolute Gasteiger partial charge is 0.379 e. The maximum Gasteiger partial charge on any atom is 0.220 e. The molecule has 1 aliphatic heterocycles. The van der Waals surface area contributed by atoms with E-state index >= 15 is 0 Å². The van der Waals surface area contributed by atoms with E-state index in [2.05, 4.69) is 36.5 Å². The SMILES string of the molecule is CCc1ccc(CCC(=O)NCc2ccccc2CS(=O)(=O)N2CCOCC2)cc1. The minimum absolute atomic E-state index is 0.0413. The fourth-order valence-corrected chi connectivity index (χ4v) is 5.03. The number of carbonyl (C=O) groups is 1. The molecule has 1 amide bonds. The van der Waals surface area contributed by atoms with Gasteiger partial charge in [-0.3, -0.25) is 4.79 Å². The number of amides is 1. The van der Waals surface area contributed by atoms with Crippen LogP contribution in [0.3, 0.4) is 0 Å². The Labute approximate surface area is 179 Å². The van der Waals surface area contributed by atoms with Gasteiger partial charge in [-0.05, 0) is 35.1 Å². The standard InChI is InChI=1S/C23H30N2O4S/c1-2-19-7-9-20(10-8-19)11-12-23(26)24-17-21-5-3-4-6-22(21)18-30(27,28)25-13-15-29-16-14-25/h3-10H,2,11-18H2,1H3,(H,24,26). The Morgan fingerprint density at radius 1 is 1.00 bits per heavy atom. The lowest BCUT2D eigenvalue weighted by molar-refractivity contribution is -0.121. The molecule has 1 aliphatic rings. The molecule has 30 heavy (non-hydrogen) atoms. The fourth-order valence-electron chi connectivity index (χ4n) is 3.47. The van der Waals surface area contributed by atoms with Crippen LogP contribution in [0.15, 0.2) is 48.5 Å². The van der Waals surface area contributed by atoms with Crippen LogP contribution in [-0.4, -0.2) is 44.9 Å². The minimum Gasteiger partial charge on any atom is -0.379 e. The summed E-state index contributed by atoms with van der Waals surface area (Å²) in [7, 11) is -3.41. The number of sulfonamides is 1. The molecule has 0 spiro atoms. The zero-order chi connectivity index (χ0) is 21.4. The average Bonchev–Trinajstić information content (AvgIpc) is 2.78. The van der Waals surface area contributed by atoms with Crippen molar-refractivity contribution in [2.24, 2.45) is 0 Å². The predicted octanol–water partition coefficient (Wildman–Crippen LogP) is 2.66. The second-order valence-corrected chi connectivity index (χ2v) is 9.45. The van der Waals surface area contributed by atoms with Crippen molar-refractivity contribution in [1.29, 1.82) is 0 Å². The van der Waals surface area contributed by atoms with E-state index in [9.17, 15) is 13.2 Å². The number of hydrogen-bond donors (Lipinski definition) is 1. The van der Waals surface area contributed by atoms with Crippen LogP contribution >= 0.6 is 0 Å². The van der Waals surface area contributed by atoms with Crippen molar-refractivity contribution in [1.82, 2.24) is 9.62 Å². The lowest BCUT2D eigenvalue weighted by Gasteiger charge is -2.26. The molecule has 1 heterocycles. The second kappa shape index (κ2) is 10.7. The molecule has 1 fully saturated rings. The second-order valence-electron chi connectivity index (χ2n) is 7.48. The molecule has 162 valence electrons. The van der Waals surface area contributed by atoms with Gasteiger partial charge in [0.2, 0.25) is 15.9 Å². The predicted molar refractivity (Wildman–Crippen MR) is 117 cm³/mol. The lowest BCUT2D eigenvalue weighted by atomic mass is 10.1. The summed E-state index contributed by atoms with van der Waals surface area (Å²) in [5.74, 6) is -0.108. The first-order valence-corrected chi connectivity index (χ1v) is 12.1. The summed E-state index contributed by atoms with van der Waals surface area (Å²) in [6.07, 6.45) is 2.09. The third-order valence-corrected chi connectivity index (χ3v) is 7.20. The van der Waals surface area contributed by atoms with Crippen LogP contribution < -0.4 is 5.32 Å². The third kappa shape index (κ3) is 6.39. The van der Waals surface area contributed by atoms with Crippen molar-refractivity contribution in [2.75, 3.05) is 26.3 Å². The van der Waals surface area contributed by atoms with Gasteiger partial charge in [-0.15, -0.1) is 0 Å². The number of carbonyl (C=O) groups excluding carboxylic acids is 1. The van der Waals surface area contributed by atoms with Crippen molar-refractivity contribution in [3.8, 4) is 0 Å². The first-order valence-electron chi connectivity index (χ1n) is 10.4. The molecule has 1 N–H and O–H groups in total. The summed E-state index contributed by atoms with van der Waals surface area (Å²) in [5.41, 5.74) is 3.97. The number of nitrogens with zero attached hydrogens (tertiary/aromatic N) is 1. The molecular formula is C23H30N2O4S. The van der Waals surface area contributed by atoms with Gasteiger partial charge < -0.3 is 10.1 Å².